The quantitative estimate of drug-likeness (QED) is 0.515. The van der Waals surface area contributed by atoms with Crippen molar-refractivity contribution in [3.63, 3.8) is 0 Å². The highest BCUT2D eigenvalue weighted by molar-refractivity contribution is 6.05. The highest BCUT2D eigenvalue weighted by Gasteiger charge is 2.26. The van der Waals surface area contributed by atoms with E-state index in [9.17, 15) is 9.59 Å². The third-order valence-corrected chi connectivity index (χ3v) is 7.35. The first-order chi connectivity index (χ1) is 17.0. The molecule has 1 atom stereocenters. The van der Waals surface area contributed by atoms with Gasteiger partial charge in [0.05, 0.1) is 23.3 Å². The molecule has 5 rings (SSSR count). The molecule has 3 aromatic rings. The summed E-state index contributed by atoms with van der Waals surface area (Å²) in [5.41, 5.74) is 1.73. The van der Waals surface area contributed by atoms with Crippen LogP contribution in [0.25, 0.3) is 10.9 Å². The van der Waals surface area contributed by atoms with E-state index in [1.807, 2.05) is 12.1 Å². The minimum atomic E-state index is -0.302. The zero-order valence-electron chi connectivity index (χ0n) is 20.4. The SMILES string of the molecule is CC(C)C1CCC(n2cc3cc(NC(=O)c4ccccn4)c(OC[C@H]4CCC(=O)N4)cc3n2)CC1. The lowest BCUT2D eigenvalue weighted by molar-refractivity contribution is -0.119. The van der Waals surface area contributed by atoms with E-state index in [1.54, 1.807) is 24.4 Å². The highest BCUT2D eigenvalue weighted by Crippen LogP contribution is 2.37. The monoisotopic (exact) mass is 475 g/mol. The van der Waals surface area contributed by atoms with E-state index in [0.29, 0.717) is 36.2 Å². The van der Waals surface area contributed by atoms with Gasteiger partial charge in [0.2, 0.25) is 5.91 Å². The van der Waals surface area contributed by atoms with E-state index in [0.717, 1.165) is 42.0 Å². The minimum absolute atomic E-state index is 0.0359. The number of carbonyl (C=O) groups excluding carboxylic acids is 2. The maximum atomic E-state index is 12.8. The van der Waals surface area contributed by atoms with Crippen LogP contribution in [0.15, 0.2) is 42.7 Å². The summed E-state index contributed by atoms with van der Waals surface area (Å²) in [4.78, 5) is 28.6. The molecule has 8 heteroatoms. The van der Waals surface area contributed by atoms with Crippen molar-refractivity contribution in [3.05, 3.63) is 48.4 Å². The van der Waals surface area contributed by atoms with Crippen LogP contribution < -0.4 is 15.4 Å². The van der Waals surface area contributed by atoms with E-state index in [1.165, 1.54) is 12.8 Å². The summed E-state index contributed by atoms with van der Waals surface area (Å²) in [5, 5.41) is 11.7. The average Bonchev–Trinajstić information content (AvgIpc) is 3.48. The van der Waals surface area contributed by atoms with E-state index in [-0.39, 0.29) is 17.9 Å². The third kappa shape index (κ3) is 5.31. The molecule has 2 aliphatic rings. The summed E-state index contributed by atoms with van der Waals surface area (Å²) in [7, 11) is 0. The van der Waals surface area contributed by atoms with Crippen molar-refractivity contribution in [1.29, 1.82) is 0 Å². The second-order valence-electron chi connectivity index (χ2n) is 10.1. The van der Waals surface area contributed by atoms with Gasteiger partial charge in [-0.25, -0.2) is 0 Å². The number of benzene rings is 1. The van der Waals surface area contributed by atoms with Crippen LogP contribution in [0.3, 0.4) is 0 Å². The van der Waals surface area contributed by atoms with Crippen LogP contribution in [0, 0.1) is 11.8 Å². The fourth-order valence-corrected chi connectivity index (χ4v) is 5.18. The lowest BCUT2D eigenvalue weighted by Crippen LogP contribution is -2.31. The van der Waals surface area contributed by atoms with Crippen LogP contribution in [0.5, 0.6) is 5.75 Å². The number of ether oxygens (including phenoxy) is 1. The van der Waals surface area contributed by atoms with Crippen molar-refractivity contribution in [3.8, 4) is 5.75 Å². The van der Waals surface area contributed by atoms with Gasteiger partial charge in [0.1, 0.15) is 18.1 Å². The molecule has 2 amide bonds. The first-order valence-electron chi connectivity index (χ1n) is 12.6. The van der Waals surface area contributed by atoms with Crippen LogP contribution >= 0.6 is 0 Å². The van der Waals surface area contributed by atoms with Gasteiger partial charge in [-0.15, -0.1) is 0 Å². The van der Waals surface area contributed by atoms with Crippen LogP contribution in [-0.4, -0.2) is 39.2 Å². The summed E-state index contributed by atoms with van der Waals surface area (Å²) in [6.07, 6.45) is 9.64. The fraction of sp³-hybridized carbons (Fsp3) is 0.481. The maximum absolute atomic E-state index is 12.8. The molecule has 0 radical (unpaired) electrons. The molecule has 3 heterocycles. The molecule has 8 nitrogen and oxygen atoms in total. The Morgan fingerprint density at radius 1 is 1.20 bits per heavy atom. The van der Waals surface area contributed by atoms with Gasteiger partial charge in [0.25, 0.3) is 5.91 Å². The number of nitrogens with one attached hydrogen (secondary N) is 2. The second-order valence-corrected chi connectivity index (χ2v) is 10.1. The second kappa shape index (κ2) is 10.1. The van der Waals surface area contributed by atoms with Crippen LogP contribution in [0.2, 0.25) is 0 Å². The van der Waals surface area contributed by atoms with Gasteiger partial charge in [0, 0.05) is 30.3 Å². The number of carbonyl (C=O) groups is 2. The normalized spacial score (nSPS) is 22.4. The average molecular weight is 476 g/mol. The molecule has 0 bridgehead atoms. The molecule has 2 fully saturated rings. The fourth-order valence-electron chi connectivity index (χ4n) is 5.18. The molecule has 1 saturated heterocycles. The van der Waals surface area contributed by atoms with E-state index >= 15 is 0 Å². The lowest BCUT2D eigenvalue weighted by Gasteiger charge is -2.30. The Bertz CT molecular complexity index is 1200. The maximum Gasteiger partial charge on any atom is 0.274 e. The smallest absolute Gasteiger partial charge is 0.274 e. The van der Waals surface area contributed by atoms with Crippen molar-refractivity contribution in [2.24, 2.45) is 11.8 Å². The Labute approximate surface area is 205 Å². The molecule has 1 aliphatic carbocycles. The molecule has 1 saturated carbocycles. The third-order valence-electron chi connectivity index (χ3n) is 7.35. The number of amides is 2. The van der Waals surface area contributed by atoms with Crippen molar-refractivity contribution < 1.29 is 14.3 Å². The van der Waals surface area contributed by atoms with Gasteiger partial charge in [-0.3, -0.25) is 19.3 Å². The number of fused-ring (bicyclic) bond motifs is 1. The summed E-state index contributed by atoms with van der Waals surface area (Å²) in [6.45, 7) is 4.96. The Balaban J connectivity index is 1.39. The summed E-state index contributed by atoms with van der Waals surface area (Å²) in [6, 6.07) is 9.39. The standard InChI is InChI=1S/C27H33N5O3/c1-17(2)18-6-9-21(10-7-18)32-15-19-13-24(30-27(34)22-5-3-4-12-28-22)25(14-23(19)31-32)35-16-20-8-11-26(33)29-20/h3-5,12-15,17-18,20-21H,6-11,16H2,1-2H3,(H,29,33)(H,30,34)/t18?,20-,21?/m1/s1. The number of hydrogen-bond donors (Lipinski definition) is 2. The van der Waals surface area contributed by atoms with Gasteiger partial charge >= 0.3 is 0 Å². The molecule has 2 aromatic heterocycles. The van der Waals surface area contributed by atoms with Crippen LogP contribution in [0.1, 0.15) is 68.9 Å². The van der Waals surface area contributed by atoms with Gasteiger partial charge < -0.3 is 15.4 Å². The molecule has 184 valence electrons. The zero-order valence-corrected chi connectivity index (χ0v) is 20.4. The first kappa shape index (κ1) is 23.3. The Morgan fingerprint density at radius 3 is 2.71 bits per heavy atom. The lowest BCUT2D eigenvalue weighted by atomic mass is 9.80. The molecule has 35 heavy (non-hydrogen) atoms. The van der Waals surface area contributed by atoms with E-state index in [2.05, 4.69) is 40.3 Å². The van der Waals surface area contributed by atoms with Crippen molar-refractivity contribution in [2.45, 2.75) is 64.5 Å². The summed E-state index contributed by atoms with van der Waals surface area (Å²) in [5.74, 6) is 1.80. The van der Waals surface area contributed by atoms with Crippen LogP contribution in [-0.2, 0) is 4.79 Å². The Morgan fingerprint density at radius 2 is 2.03 bits per heavy atom. The van der Waals surface area contributed by atoms with Gasteiger partial charge in [0.15, 0.2) is 0 Å². The van der Waals surface area contributed by atoms with Crippen molar-refractivity contribution in [1.82, 2.24) is 20.1 Å². The zero-order chi connectivity index (χ0) is 24.4. The van der Waals surface area contributed by atoms with Crippen LogP contribution in [0.4, 0.5) is 5.69 Å². The Kier molecular flexibility index (Phi) is 6.70. The van der Waals surface area contributed by atoms with Crippen molar-refractivity contribution in [2.75, 3.05) is 11.9 Å². The minimum Gasteiger partial charge on any atom is -0.489 e. The van der Waals surface area contributed by atoms with E-state index < -0.39 is 0 Å². The molecule has 1 aliphatic heterocycles. The van der Waals surface area contributed by atoms with E-state index in [4.69, 9.17) is 9.84 Å². The molecule has 0 unspecified atom stereocenters. The summed E-state index contributed by atoms with van der Waals surface area (Å²) < 4.78 is 8.20. The predicted molar refractivity (Wildman–Crippen MR) is 134 cm³/mol. The molecular formula is C27H33N5O3. The van der Waals surface area contributed by atoms with Gasteiger partial charge in [-0.2, -0.15) is 5.10 Å². The van der Waals surface area contributed by atoms with Crippen molar-refractivity contribution >= 4 is 28.4 Å². The number of rotatable bonds is 7. The largest absolute Gasteiger partial charge is 0.489 e. The van der Waals surface area contributed by atoms with Gasteiger partial charge in [-0.1, -0.05) is 19.9 Å². The predicted octanol–water partition coefficient (Wildman–Crippen LogP) is 4.73. The van der Waals surface area contributed by atoms with Gasteiger partial charge in [-0.05, 0) is 62.1 Å². The number of anilines is 1. The topological polar surface area (TPSA) is 98.1 Å². The molecular weight excluding hydrogens is 442 g/mol. The Hall–Kier alpha value is -3.42. The molecule has 0 spiro atoms. The number of nitrogens with zero attached hydrogens (tertiary/aromatic N) is 3. The number of aromatic nitrogens is 3. The first-order valence-corrected chi connectivity index (χ1v) is 12.6. The molecule has 1 aromatic carbocycles. The molecule has 2 N–H and O–H groups in total. The summed E-state index contributed by atoms with van der Waals surface area (Å²) >= 11 is 0. The number of hydrogen-bond acceptors (Lipinski definition) is 5. The number of pyridine rings is 1. The highest BCUT2D eigenvalue weighted by atomic mass is 16.5.